The van der Waals surface area contributed by atoms with Gasteiger partial charge in [-0.25, -0.2) is 17.6 Å². The Morgan fingerprint density at radius 3 is 1.90 bits per heavy atom. The number of nitrogens with zero attached hydrogens (tertiary/aromatic N) is 1. The van der Waals surface area contributed by atoms with E-state index in [1.807, 2.05) is 0 Å². The molecule has 10 heteroatoms. The molecule has 0 aliphatic rings. The van der Waals surface area contributed by atoms with E-state index in [9.17, 15) is 39.5 Å². The van der Waals surface area contributed by atoms with E-state index in [0.717, 1.165) is 0 Å². The van der Waals surface area contributed by atoms with Crippen LogP contribution in [0.1, 0.15) is 12.5 Å². The molecule has 0 aromatic heterocycles. The summed E-state index contributed by atoms with van der Waals surface area (Å²) in [6, 6.07) is 0.0176. The fraction of sp³-hybridized carbons (Fsp3) is 0.455. The third kappa shape index (κ3) is 2.88. The number of hydrogen-bond donors (Lipinski definition) is 0. The van der Waals surface area contributed by atoms with Crippen molar-refractivity contribution in [2.45, 2.75) is 19.0 Å². The number of benzene rings is 1. The van der Waals surface area contributed by atoms with Crippen molar-refractivity contribution in [2.75, 3.05) is 18.2 Å². The quantitative estimate of drug-likeness (QED) is 0.447. The molecule has 120 valence electrons. The molecule has 0 aliphatic carbocycles. The molecule has 0 bridgehead atoms. The van der Waals surface area contributed by atoms with E-state index in [2.05, 4.69) is 0 Å². The van der Waals surface area contributed by atoms with Gasteiger partial charge in [-0.05, 0) is 6.92 Å². The van der Waals surface area contributed by atoms with Crippen LogP contribution >= 0.6 is 0 Å². The van der Waals surface area contributed by atoms with Crippen LogP contribution < -0.4 is 4.90 Å². The molecule has 0 N–H and O–H groups in total. The highest BCUT2D eigenvalue weighted by atomic mass is 19.4. The minimum Gasteiger partial charge on any atom is -0.342 e. The molecule has 0 unspecified atom stereocenters. The van der Waals surface area contributed by atoms with Crippen molar-refractivity contribution < 1.29 is 39.5 Å². The van der Waals surface area contributed by atoms with Crippen molar-refractivity contribution in [1.29, 1.82) is 0 Å². The Bertz CT molecular complexity index is 519. The largest absolute Gasteiger partial charge is 0.458 e. The molecule has 0 amide bonds. The van der Waals surface area contributed by atoms with Gasteiger partial charge in [0, 0.05) is 12.6 Å². The van der Waals surface area contributed by atoms with E-state index in [4.69, 9.17) is 0 Å². The van der Waals surface area contributed by atoms with Crippen LogP contribution in [0.4, 0.5) is 45.2 Å². The van der Waals surface area contributed by atoms with Gasteiger partial charge in [0.15, 0.2) is 24.3 Å². The highest BCUT2D eigenvalue weighted by molar-refractivity contribution is 5.52. The maximum absolute atomic E-state index is 13.8. The van der Waals surface area contributed by atoms with E-state index < -0.39 is 47.6 Å². The maximum Gasteiger partial charge on any atom is 0.458 e. The van der Waals surface area contributed by atoms with E-state index >= 15 is 0 Å². The minimum absolute atomic E-state index is 0.0176. The lowest BCUT2D eigenvalue weighted by molar-refractivity contribution is -0.291. The summed E-state index contributed by atoms with van der Waals surface area (Å²) in [6.07, 6.45) is -6.34. The summed E-state index contributed by atoms with van der Waals surface area (Å²) in [7, 11) is 0. The second-order valence-electron chi connectivity index (χ2n) is 3.93. The van der Waals surface area contributed by atoms with Crippen molar-refractivity contribution >= 4 is 5.69 Å². The molecule has 21 heavy (non-hydrogen) atoms. The monoisotopic (exact) mass is 325 g/mol. The molecule has 0 radical (unpaired) electrons. The van der Waals surface area contributed by atoms with E-state index in [1.54, 1.807) is 0 Å². The Morgan fingerprint density at radius 1 is 1.00 bits per heavy atom. The lowest BCUT2D eigenvalue weighted by Gasteiger charge is -2.25. The highest BCUT2D eigenvalue weighted by Gasteiger charge is 2.62. The fourth-order valence-electron chi connectivity index (χ4n) is 1.56. The van der Waals surface area contributed by atoms with Gasteiger partial charge in [-0.2, -0.15) is 22.0 Å². The van der Waals surface area contributed by atoms with Crippen molar-refractivity contribution in [2.24, 2.45) is 0 Å². The molecular formula is C11H8F9N. The fourth-order valence-corrected chi connectivity index (χ4v) is 1.56. The molecular weight excluding hydrogens is 317 g/mol. The van der Waals surface area contributed by atoms with Crippen molar-refractivity contribution in [1.82, 2.24) is 0 Å². The first-order valence-corrected chi connectivity index (χ1v) is 5.42. The molecule has 0 saturated heterocycles. The Hall–Kier alpha value is -1.61. The third-order valence-corrected chi connectivity index (χ3v) is 2.67. The summed E-state index contributed by atoms with van der Waals surface area (Å²) < 4.78 is 116. The minimum atomic E-state index is -6.34. The van der Waals surface area contributed by atoms with Crippen LogP contribution in [0.3, 0.4) is 0 Å². The molecule has 1 aromatic rings. The Kier molecular flexibility index (Phi) is 4.69. The standard InChI is InChI=1S/C11H8F9N/c1-2-21(4-12)6-3-5(13)8(14)7(9(6)15)10(16,17)11(18,19)20/h3H,2,4H2,1H3. The van der Waals surface area contributed by atoms with Gasteiger partial charge in [-0.1, -0.05) is 0 Å². The summed E-state index contributed by atoms with van der Waals surface area (Å²) >= 11 is 0. The predicted octanol–water partition coefficient (Wildman–Crippen LogP) is 4.51. The van der Waals surface area contributed by atoms with Gasteiger partial charge in [-0.15, -0.1) is 0 Å². The first-order chi connectivity index (χ1) is 9.48. The zero-order valence-corrected chi connectivity index (χ0v) is 10.3. The summed E-state index contributed by atoms with van der Waals surface area (Å²) in [4.78, 5) is 0.327. The number of rotatable bonds is 4. The molecule has 0 saturated carbocycles. The second kappa shape index (κ2) is 5.64. The lowest BCUT2D eigenvalue weighted by Crippen LogP contribution is -2.36. The van der Waals surface area contributed by atoms with Crippen LogP contribution in [0.2, 0.25) is 0 Å². The predicted molar refractivity (Wildman–Crippen MR) is 55.3 cm³/mol. The molecule has 0 aliphatic heterocycles. The van der Waals surface area contributed by atoms with E-state index in [0.29, 0.717) is 4.90 Å². The first-order valence-electron chi connectivity index (χ1n) is 5.42. The molecule has 1 nitrogen and oxygen atoms in total. The molecule has 0 spiro atoms. The topological polar surface area (TPSA) is 3.24 Å². The van der Waals surface area contributed by atoms with Crippen LogP contribution in [0.5, 0.6) is 0 Å². The highest BCUT2D eigenvalue weighted by Crippen LogP contribution is 2.47. The Balaban J connectivity index is 3.67. The van der Waals surface area contributed by atoms with Crippen molar-refractivity contribution in [3.63, 3.8) is 0 Å². The van der Waals surface area contributed by atoms with Gasteiger partial charge < -0.3 is 4.90 Å². The number of hydrogen-bond acceptors (Lipinski definition) is 1. The van der Waals surface area contributed by atoms with E-state index in [-0.39, 0.29) is 12.6 Å². The number of alkyl halides is 6. The van der Waals surface area contributed by atoms with Crippen LogP contribution in [0, 0.1) is 17.5 Å². The van der Waals surface area contributed by atoms with Crippen molar-refractivity contribution in [3.05, 3.63) is 29.1 Å². The van der Waals surface area contributed by atoms with Crippen LogP contribution in [-0.4, -0.2) is 19.5 Å². The molecule has 1 aromatic carbocycles. The first kappa shape index (κ1) is 17.4. The number of halogens is 9. The molecule has 0 atom stereocenters. The normalized spacial score (nSPS) is 12.7. The van der Waals surface area contributed by atoms with Gasteiger partial charge in [-0.3, -0.25) is 0 Å². The smallest absolute Gasteiger partial charge is 0.342 e. The van der Waals surface area contributed by atoms with Crippen molar-refractivity contribution in [3.8, 4) is 0 Å². The second-order valence-corrected chi connectivity index (χ2v) is 3.93. The third-order valence-electron chi connectivity index (χ3n) is 2.67. The van der Waals surface area contributed by atoms with E-state index in [1.165, 1.54) is 6.92 Å². The van der Waals surface area contributed by atoms with Crippen LogP contribution in [0.25, 0.3) is 0 Å². The summed E-state index contributed by atoms with van der Waals surface area (Å²) in [5, 5.41) is 0. The SMILES string of the molecule is CCN(CF)c1cc(F)c(F)c(C(F)(F)C(F)(F)F)c1F. The summed E-state index contributed by atoms with van der Waals surface area (Å²) in [5.74, 6) is -13.1. The number of anilines is 1. The summed E-state index contributed by atoms with van der Waals surface area (Å²) in [6.45, 7) is -0.646. The molecule has 1 rings (SSSR count). The van der Waals surface area contributed by atoms with Gasteiger partial charge in [0.25, 0.3) is 0 Å². The van der Waals surface area contributed by atoms with Gasteiger partial charge >= 0.3 is 12.1 Å². The Morgan fingerprint density at radius 2 is 1.52 bits per heavy atom. The van der Waals surface area contributed by atoms with Crippen LogP contribution in [0.15, 0.2) is 6.07 Å². The Labute approximate surface area is 113 Å². The zero-order chi connectivity index (χ0) is 16.6. The molecule has 0 fully saturated rings. The van der Waals surface area contributed by atoms with Crippen LogP contribution in [-0.2, 0) is 5.92 Å². The lowest BCUT2D eigenvalue weighted by atomic mass is 10.0. The molecule has 0 heterocycles. The summed E-state index contributed by atoms with van der Waals surface area (Å²) in [5.41, 5.74) is -4.02. The average molecular weight is 325 g/mol. The zero-order valence-electron chi connectivity index (χ0n) is 10.3. The van der Waals surface area contributed by atoms with Gasteiger partial charge in [0.2, 0.25) is 0 Å². The average Bonchev–Trinajstić information content (AvgIpc) is 2.35. The van der Waals surface area contributed by atoms with Gasteiger partial charge in [0.05, 0.1) is 5.69 Å². The van der Waals surface area contributed by atoms with Gasteiger partial charge in [0.1, 0.15) is 5.56 Å². The maximum atomic E-state index is 13.8.